The zero-order valence-electron chi connectivity index (χ0n) is 17.2. The van der Waals surface area contributed by atoms with Gasteiger partial charge in [-0.25, -0.2) is 0 Å². The van der Waals surface area contributed by atoms with Crippen molar-refractivity contribution in [2.75, 3.05) is 0 Å². The predicted molar refractivity (Wildman–Crippen MR) is 106 cm³/mol. The second kappa shape index (κ2) is 7.95. The summed E-state index contributed by atoms with van der Waals surface area (Å²) in [6.45, 7) is 13.3. The molecule has 4 nitrogen and oxygen atoms in total. The van der Waals surface area contributed by atoms with Crippen molar-refractivity contribution in [2.24, 2.45) is 5.41 Å². The SMILES string of the molecule is CC(=O)Oc1ccc(C(c2ccc(OC(C)=O)c(C)c2)C(C)(C)C)cc1C. The predicted octanol–water partition coefficient (Wildman–Crippen LogP) is 5.33. The first kappa shape index (κ1) is 20.7. The molecule has 0 saturated heterocycles. The number of benzene rings is 2. The largest absolute Gasteiger partial charge is 0.426 e. The van der Waals surface area contributed by atoms with Crippen LogP contribution in [0, 0.1) is 19.3 Å². The van der Waals surface area contributed by atoms with Crippen LogP contribution in [-0.2, 0) is 9.59 Å². The van der Waals surface area contributed by atoms with Gasteiger partial charge in [0.1, 0.15) is 11.5 Å². The maximum atomic E-state index is 11.3. The Bertz CT molecular complexity index is 794. The molecule has 2 aromatic carbocycles. The van der Waals surface area contributed by atoms with E-state index >= 15 is 0 Å². The van der Waals surface area contributed by atoms with Crippen molar-refractivity contribution in [2.45, 2.75) is 54.4 Å². The number of ether oxygens (including phenoxy) is 2. The normalized spacial score (nSPS) is 11.4. The third kappa shape index (κ3) is 5.19. The fourth-order valence-corrected chi connectivity index (χ4v) is 3.44. The van der Waals surface area contributed by atoms with E-state index in [1.807, 2.05) is 38.1 Å². The van der Waals surface area contributed by atoms with E-state index < -0.39 is 0 Å². The molecule has 0 aliphatic carbocycles. The van der Waals surface area contributed by atoms with Gasteiger partial charge in [0, 0.05) is 19.8 Å². The Balaban J connectivity index is 2.48. The van der Waals surface area contributed by atoms with Crippen molar-refractivity contribution in [1.29, 1.82) is 0 Å². The lowest BCUT2D eigenvalue weighted by molar-refractivity contribution is -0.132. The molecular formula is C23H28O4. The number of rotatable bonds is 4. The number of carbonyl (C=O) groups excluding carboxylic acids is 2. The minimum atomic E-state index is -0.324. The Morgan fingerprint density at radius 1 is 0.778 bits per heavy atom. The van der Waals surface area contributed by atoms with Crippen molar-refractivity contribution in [3.63, 3.8) is 0 Å². The Morgan fingerprint density at radius 3 is 1.41 bits per heavy atom. The molecule has 0 unspecified atom stereocenters. The van der Waals surface area contributed by atoms with E-state index in [1.54, 1.807) is 0 Å². The maximum Gasteiger partial charge on any atom is 0.308 e. The summed E-state index contributed by atoms with van der Waals surface area (Å²) in [4.78, 5) is 22.5. The maximum absolute atomic E-state index is 11.3. The van der Waals surface area contributed by atoms with Crippen LogP contribution in [0.25, 0.3) is 0 Å². The average Bonchev–Trinajstić information content (AvgIpc) is 2.50. The highest BCUT2D eigenvalue weighted by Gasteiger charge is 2.29. The topological polar surface area (TPSA) is 52.6 Å². The number of aryl methyl sites for hydroxylation is 2. The highest BCUT2D eigenvalue weighted by atomic mass is 16.5. The van der Waals surface area contributed by atoms with Crippen molar-refractivity contribution in [3.05, 3.63) is 58.7 Å². The Morgan fingerprint density at radius 2 is 1.15 bits per heavy atom. The van der Waals surface area contributed by atoms with Crippen LogP contribution in [0.4, 0.5) is 0 Å². The number of hydrogen-bond donors (Lipinski definition) is 0. The molecule has 0 radical (unpaired) electrons. The fraction of sp³-hybridized carbons (Fsp3) is 0.391. The molecule has 0 saturated carbocycles. The second-order valence-corrected chi connectivity index (χ2v) is 8.04. The summed E-state index contributed by atoms with van der Waals surface area (Å²) in [5, 5.41) is 0. The number of carbonyl (C=O) groups is 2. The van der Waals surface area contributed by atoms with Gasteiger partial charge in [0.2, 0.25) is 0 Å². The van der Waals surface area contributed by atoms with Crippen molar-refractivity contribution in [1.82, 2.24) is 0 Å². The van der Waals surface area contributed by atoms with Crippen molar-refractivity contribution < 1.29 is 19.1 Å². The lowest BCUT2D eigenvalue weighted by Gasteiger charge is -2.32. The Labute approximate surface area is 161 Å². The summed E-state index contributed by atoms with van der Waals surface area (Å²) < 4.78 is 10.5. The molecule has 0 heterocycles. The van der Waals surface area contributed by atoms with Crippen LogP contribution in [0.3, 0.4) is 0 Å². The third-order valence-corrected chi connectivity index (χ3v) is 4.44. The lowest BCUT2D eigenvalue weighted by atomic mass is 9.72. The molecule has 0 fully saturated rings. The third-order valence-electron chi connectivity index (χ3n) is 4.44. The average molecular weight is 368 g/mol. The van der Waals surface area contributed by atoms with Crippen LogP contribution in [0.5, 0.6) is 11.5 Å². The number of hydrogen-bond acceptors (Lipinski definition) is 4. The van der Waals surface area contributed by atoms with Gasteiger partial charge in [-0.3, -0.25) is 9.59 Å². The molecular weight excluding hydrogens is 340 g/mol. The smallest absolute Gasteiger partial charge is 0.308 e. The van der Waals surface area contributed by atoms with Crippen LogP contribution < -0.4 is 9.47 Å². The van der Waals surface area contributed by atoms with Gasteiger partial charge in [-0.2, -0.15) is 0 Å². The van der Waals surface area contributed by atoms with Crippen LogP contribution in [0.2, 0.25) is 0 Å². The van der Waals surface area contributed by atoms with Crippen molar-refractivity contribution >= 4 is 11.9 Å². The molecule has 0 aromatic heterocycles. The van der Waals surface area contributed by atoms with Crippen LogP contribution in [0.1, 0.15) is 62.8 Å². The Kier molecular flexibility index (Phi) is 6.09. The summed E-state index contributed by atoms with van der Waals surface area (Å²) in [5.41, 5.74) is 4.10. The first-order chi connectivity index (χ1) is 12.5. The molecule has 4 heteroatoms. The first-order valence-corrected chi connectivity index (χ1v) is 9.07. The minimum absolute atomic E-state index is 0.0369. The Hall–Kier alpha value is -2.62. The van der Waals surface area contributed by atoms with E-state index in [0.29, 0.717) is 11.5 Å². The molecule has 0 bridgehead atoms. The molecule has 0 aliphatic heterocycles. The highest BCUT2D eigenvalue weighted by molar-refractivity contribution is 5.70. The van der Waals surface area contributed by atoms with Crippen LogP contribution >= 0.6 is 0 Å². The zero-order valence-corrected chi connectivity index (χ0v) is 17.2. The molecule has 0 amide bonds. The molecule has 27 heavy (non-hydrogen) atoms. The molecule has 2 rings (SSSR count). The van der Waals surface area contributed by atoms with Crippen LogP contribution in [-0.4, -0.2) is 11.9 Å². The summed E-state index contributed by atoms with van der Waals surface area (Å²) >= 11 is 0. The molecule has 0 atom stereocenters. The van der Waals surface area contributed by atoms with Gasteiger partial charge < -0.3 is 9.47 Å². The van der Waals surface area contributed by atoms with Gasteiger partial charge in [-0.1, -0.05) is 45.0 Å². The fourth-order valence-electron chi connectivity index (χ4n) is 3.44. The summed E-state index contributed by atoms with van der Waals surface area (Å²) in [6.07, 6.45) is 0. The van der Waals surface area contributed by atoms with Crippen LogP contribution in [0.15, 0.2) is 36.4 Å². The lowest BCUT2D eigenvalue weighted by Crippen LogP contribution is -2.20. The van der Waals surface area contributed by atoms with Gasteiger partial charge in [0.05, 0.1) is 0 Å². The first-order valence-electron chi connectivity index (χ1n) is 9.07. The molecule has 0 spiro atoms. The molecule has 2 aromatic rings. The standard InChI is InChI=1S/C23H28O4/c1-14-12-18(8-10-20(14)26-16(3)24)22(23(5,6)7)19-9-11-21(15(2)13-19)27-17(4)25/h8-13,22H,1-7H3. The van der Waals surface area contributed by atoms with E-state index in [0.717, 1.165) is 22.3 Å². The molecule has 144 valence electrons. The summed E-state index contributed by atoms with van der Waals surface area (Å²) in [6, 6.07) is 11.9. The van der Waals surface area contributed by atoms with Gasteiger partial charge in [-0.05, 0) is 53.6 Å². The quantitative estimate of drug-likeness (QED) is 0.540. The molecule has 0 N–H and O–H groups in total. The van der Waals surface area contributed by atoms with E-state index in [-0.39, 0.29) is 23.3 Å². The summed E-state index contributed by atoms with van der Waals surface area (Å²) in [5.74, 6) is 0.651. The van der Waals surface area contributed by atoms with E-state index in [2.05, 4.69) is 32.9 Å². The van der Waals surface area contributed by atoms with E-state index in [4.69, 9.17) is 9.47 Å². The minimum Gasteiger partial charge on any atom is -0.426 e. The van der Waals surface area contributed by atoms with E-state index in [9.17, 15) is 9.59 Å². The number of esters is 2. The van der Waals surface area contributed by atoms with Gasteiger partial charge in [0.25, 0.3) is 0 Å². The highest BCUT2D eigenvalue weighted by Crippen LogP contribution is 2.42. The van der Waals surface area contributed by atoms with Gasteiger partial charge in [0.15, 0.2) is 0 Å². The molecule has 0 aliphatic rings. The second-order valence-electron chi connectivity index (χ2n) is 8.04. The van der Waals surface area contributed by atoms with Crippen molar-refractivity contribution in [3.8, 4) is 11.5 Å². The van der Waals surface area contributed by atoms with E-state index in [1.165, 1.54) is 13.8 Å². The van der Waals surface area contributed by atoms with Gasteiger partial charge in [-0.15, -0.1) is 0 Å². The summed E-state index contributed by atoms with van der Waals surface area (Å²) in [7, 11) is 0. The van der Waals surface area contributed by atoms with Gasteiger partial charge >= 0.3 is 11.9 Å². The zero-order chi connectivity index (χ0) is 20.4. The monoisotopic (exact) mass is 368 g/mol.